The highest BCUT2D eigenvalue weighted by Gasteiger charge is 2.61. The third kappa shape index (κ3) is 1.61. The molecule has 0 heterocycles. The zero-order chi connectivity index (χ0) is 14.3. The Morgan fingerprint density at radius 2 is 0.773 bits per heavy atom. The van der Waals surface area contributed by atoms with E-state index < -0.39 is 0 Å². The average molecular weight is 299 g/mol. The molecule has 0 aromatic carbocycles. The van der Waals surface area contributed by atoms with Gasteiger partial charge < -0.3 is 0 Å². The number of rotatable bonds is 0. The van der Waals surface area contributed by atoms with Gasteiger partial charge in [-0.1, -0.05) is 25.7 Å². The molecule has 0 spiro atoms. The van der Waals surface area contributed by atoms with Gasteiger partial charge in [-0.05, 0) is 111 Å². The molecule has 122 valence electrons. The Labute approximate surface area is 136 Å². The molecule has 0 N–H and O–H groups in total. The Bertz CT molecular complexity index is 415. The lowest BCUT2D eigenvalue weighted by Gasteiger charge is -2.64. The van der Waals surface area contributed by atoms with Crippen molar-refractivity contribution in [1.29, 1.82) is 0 Å². The molecule has 6 aliphatic carbocycles. The summed E-state index contributed by atoms with van der Waals surface area (Å²) in [7, 11) is 0. The lowest BCUT2D eigenvalue weighted by atomic mass is 9.41. The Kier molecular flexibility index (Phi) is 2.88. The van der Waals surface area contributed by atoms with Crippen LogP contribution in [0.15, 0.2) is 0 Å². The molecule has 0 nitrogen and oxygen atoms in total. The molecule has 6 rings (SSSR count). The SMILES string of the molecule is C1CC2CCCC3C4CCC5CCC6CCC(C(C1)C23)C4C65. The van der Waals surface area contributed by atoms with Gasteiger partial charge in [0.15, 0.2) is 0 Å². The minimum absolute atomic E-state index is 1.16. The van der Waals surface area contributed by atoms with Gasteiger partial charge in [0.2, 0.25) is 0 Å². The minimum atomic E-state index is 1.16. The van der Waals surface area contributed by atoms with E-state index in [-0.39, 0.29) is 0 Å². The summed E-state index contributed by atoms with van der Waals surface area (Å²) in [4.78, 5) is 0. The second-order valence-electron chi connectivity index (χ2n) is 10.3. The molecule has 0 aromatic rings. The van der Waals surface area contributed by atoms with Crippen molar-refractivity contribution in [3.05, 3.63) is 0 Å². The fourth-order valence-corrected chi connectivity index (χ4v) is 9.75. The van der Waals surface area contributed by atoms with E-state index in [1.54, 1.807) is 77.0 Å². The number of fused-ring (bicyclic) bond motifs is 2. The van der Waals surface area contributed by atoms with Crippen LogP contribution in [0.3, 0.4) is 0 Å². The minimum Gasteiger partial charge on any atom is -0.0527 e. The quantitative estimate of drug-likeness (QED) is 0.521. The third-order valence-corrected chi connectivity index (χ3v) is 10.0. The highest BCUT2D eigenvalue weighted by molar-refractivity contribution is 5.09. The Balaban J connectivity index is 1.43. The van der Waals surface area contributed by atoms with Crippen molar-refractivity contribution in [2.45, 2.75) is 77.0 Å². The van der Waals surface area contributed by atoms with Crippen molar-refractivity contribution in [2.24, 2.45) is 59.2 Å². The van der Waals surface area contributed by atoms with Gasteiger partial charge in [-0.3, -0.25) is 0 Å². The van der Waals surface area contributed by atoms with E-state index in [0.717, 1.165) is 5.92 Å². The average Bonchev–Trinajstić information content (AvgIpc) is 3.00. The van der Waals surface area contributed by atoms with Gasteiger partial charge in [-0.15, -0.1) is 0 Å². The van der Waals surface area contributed by atoms with Crippen molar-refractivity contribution in [3.63, 3.8) is 0 Å². The monoisotopic (exact) mass is 298 g/mol. The van der Waals surface area contributed by atoms with Crippen molar-refractivity contribution >= 4 is 0 Å². The normalized spacial score (nSPS) is 62.2. The molecule has 0 bridgehead atoms. The molecule has 22 heavy (non-hydrogen) atoms. The van der Waals surface area contributed by atoms with Crippen LogP contribution >= 0.6 is 0 Å². The maximum absolute atomic E-state index is 1.65. The van der Waals surface area contributed by atoms with E-state index in [2.05, 4.69) is 0 Å². The smallest absolute Gasteiger partial charge is 0.0318 e. The molecular formula is C22H34. The van der Waals surface area contributed by atoms with Crippen LogP contribution in [0.1, 0.15) is 77.0 Å². The Morgan fingerprint density at radius 1 is 0.318 bits per heavy atom. The van der Waals surface area contributed by atoms with E-state index in [0.29, 0.717) is 0 Å². The summed E-state index contributed by atoms with van der Waals surface area (Å²) in [6.07, 6.45) is 19.5. The summed E-state index contributed by atoms with van der Waals surface area (Å²) in [5.41, 5.74) is 0. The first-order valence-electron chi connectivity index (χ1n) is 10.9. The van der Waals surface area contributed by atoms with Crippen LogP contribution < -0.4 is 0 Å². The van der Waals surface area contributed by atoms with Gasteiger partial charge in [0, 0.05) is 0 Å². The van der Waals surface area contributed by atoms with Crippen LogP contribution in [0.2, 0.25) is 0 Å². The molecule has 0 aromatic heterocycles. The molecule has 0 heteroatoms. The number of hydrogen-bond acceptors (Lipinski definition) is 0. The topological polar surface area (TPSA) is 0 Å². The maximum Gasteiger partial charge on any atom is -0.0318 e. The molecule has 6 atom stereocenters. The maximum atomic E-state index is 1.65. The second kappa shape index (κ2) is 4.76. The molecule has 0 saturated heterocycles. The van der Waals surface area contributed by atoms with Gasteiger partial charge in [-0.25, -0.2) is 0 Å². The molecule has 0 aliphatic heterocycles. The van der Waals surface area contributed by atoms with Crippen LogP contribution in [0.4, 0.5) is 0 Å². The van der Waals surface area contributed by atoms with E-state index in [4.69, 9.17) is 0 Å². The first kappa shape index (κ1) is 13.3. The van der Waals surface area contributed by atoms with Crippen molar-refractivity contribution in [1.82, 2.24) is 0 Å². The van der Waals surface area contributed by atoms with Gasteiger partial charge in [-0.2, -0.15) is 0 Å². The Hall–Kier alpha value is 0. The van der Waals surface area contributed by atoms with Crippen molar-refractivity contribution in [3.8, 4) is 0 Å². The highest BCUT2D eigenvalue weighted by Crippen LogP contribution is 2.68. The van der Waals surface area contributed by atoms with Crippen molar-refractivity contribution < 1.29 is 0 Å². The second-order valence-corrected chi connectivity index (χ2v) is 10.3. The highest BCUT2D eigenvalue weighted by atomic mass is 14.7. The molecule has 0 radical (unpaired) electrons. The summed E-state index contributed by atoms with van der Waals surface area (Å²) in [5, 5.41) is 0. The van der Waals surface area contributed by atoms with Crippen molar-refractivity contribution in [2.75, 3.05) is 0 Å². The van der Waals surface area contributed by atoms with Gasteiger partial charge in [0.1, 0.15) is 0 Å². The summed E-state index contributed by atoms with van der Waals surface area (Å²) in [5.74, 6) is 11.9. The summed E-state index contributed by atoms with van der Waals surface area (Å²) >= 11 is 0. The van der Waals surface area contributed by atoms with E-state index in [1.807, 2.05) is 0 Å². The predicted molar refractivity (Wildman–Crippen MR) is 90.3 cm³/mol. The molecule has 6 unspecified atom stereocenters. The lowest BCUT2D eigenvalue weighted by Crippen LogP contribution is -2.57. The van der Waals surface area contributed by atoms with Crippen LogP contribution in [-0.2, 0) is 0 Å². The molecule has 6 aliphatic rings. The zero-order valence-corrected chi connectivity index (χ0v) is 14.3. The molecule has 0 amide bonds. The summed E-state index contributed by atoms with van der Waals surface area (Å²) in [6.45, 7) is 0. The van der Waals surface area contributed by atoms with Crippen LogP contribution in [-0.4, -0.2) is 0 Å². The fourth-order valence-electron chi connectivity index (χ4n) is 9.75. The van der Waals surface area contributed by atoms with Gasteiger partial charge in [0.05, 0.1) is 0 Å². The first-order chi connectivity index (χ1) is 10.9. The van der Waals surface area contributed by atoms with Gasteiger partial charge >= 0.3 is 0 Å². The number of hydrogen-bond donors (Lipinski definition) is 0. The predicted octanol–water partition coefficient (Wildman–Crippen LogP) is 5.91. The van der Waals surface area contributed by atoms with Gasteiger partial charge in [0.25, 0.3) is 0 Å². The molecule has 6 saturated carbocycles. The molecular weight excluding hydrogens is 264 g/mol. The third-order valence-electron chi connectivity index (χ3n) is 10.0. The summed E-state index contributed by atoms with van der Waals surface area (Å²) in [6, 6.07) is 0. The van der Waals surface area contributed by atoms with Crippen LogP contribution in [0, 0.1) is 59.2 Å². The van der Waals surface area contributed by atoms with E-state index >= 15 is 0 Å². The first-order valence-corrected chi connectivity index (χ1v) is 10.9. The van der Waals surface area contributed by atoms with E-state index in [9.17, 15) is 0 Å². The standard InChI is InChI=1S/C22H34/c1-3-13-4-2-6-17-19-12-10-15-8-7-14-9-11-18(22(19)20(14)15)16(5-1)21(13)17/h13-22H,1-12H2. The van der Waals surface area contributed by atoms with E-state index in [1.165, 1.54) is 53.3 Å². The van der Waals surface area contributed by atoms with Crippen LogP contribution in [0.5, 0.6) is 0 Å². The largest absolute Gasteiger partial charge is 0.0527 e. The zero-order valence-electron chi connectivity index (χ0n) is 14.3. The molecule has 6 fully saturated rings. The fraction of sp³-hybridized carbons (Fsp3) is 1.00. The lowest BCUT2D eigenvalue weighted by molar-refractivity contribution is -0.153. The summed E-state index contributed by atoms with van der Waals surface area (Å²) < 4.78 is 0. The Morgan fingerprint density at radius 3 is 1.36 bits per heavy atom. The van der Waals surface area contributed by atoms with Crippen LogP contribution in [0.25, 0.3) is 0 Å².